The third kappa shape index (κ3) is 4.12. The number of hydrogen-bond acceptors (Lipinski definition) is 3. The summed E-state index contributed by atoms with van der Waals surface area (Å²) in [6, 6.07) is 12.2. The molecule has 0 spiro atoms. The van der Waals surface area contributed by atoms with E-state index in [-0.39, 0.29) is 23.1 Å². The lowest BCUT2D eigenvalue weighted by Gasteiger charge is -2.29. The van der Waals surface area contributed by atoms with Gasteiger partial charge in [-0.15, -0.1) is 0 Å². The number of carbonyl (C=O) groups is 1. The zero-order valence-corrected chi connectivity index (χ0v) is 15.8. The van der Waals surface area contributed by atoms with Gasteiger partial charge in [-0.2, -0.15) is 8.78 Å². The minimum absolute atomic E-state index is 0.0978. The smallest absolute Gasteiger partial charge is 0.387 e. The summed E-state index contributed by atoms with van der Waals surface area (Å²) in [4.78, 5) is 12.0. The zero-order valence-electron chi connectivity index (χ0n) is 15.8. The number of benzene rings is 2. The highest BCUT2D eigenvalue weighted by atomic mass is 19.3. The SMILES string of the molecule is COC(=O)c1ccc(-c2cccc(OC(F)F)c2)c(C2CCCC2(C)C)c1. The van der Waals surface area contributed by atoms with Gasteiger partial charge in [-0.1, -0.05) is 38.5 Å². The second-order valence-electron chi connectivity index (χ2n) is 7.63. The molecule has 2 aromatic carbocycles. The van der Waals surface area contributed by atoms with Crippen LogP contribution >= 0.6 is 0 Å². The van der Waals surface area contributed by atoms with Crippen molar-refractivity contribution in [2.75, 3.05) is 7.11 Å². The highest BCUT2D eigenvalue weighted by molar-refractivity contribution is 5.90. The maximum Gasteiger partial charge on any atom is 0.387 e. The number of esters is 1. The Morgan fingerprint density at radius 3 is 2.59 bits per heavy atom. The van der Waals surface area contributed by atoms with E-state index in [1.807, 2.05) is 18.2 Å². The Kier molecular flexibility index (Phi) is 5.49. The molecular formula is C22H24F2O3. The first kappa shape index (κ1) is 19.3. The van der Waals surface area contributed by atoms with Crippen molar-refractivity contribution >= 4 is 5.97 Å². The number of rotatable bonds is 5. The summed E-state index contributed by atoms with van der Waals surface area (Å²) < 4.78 is 34.6. The normalized spacial score (nSPS) is 18.5. The second-order valence-corrected chi connectivity index (χ2v) is 7.63. The van der Waals surface area contributed by atoms with Crippen LogP contribution in [0.5, 0.6) is 5.75 Å². The van der Waals surface area contributed by atoms with Crippen LogP contribution in [0.4, 0.5) is 8.78 Å². The molecular weight excluding hydrogens is 350 g/mol. The summed E-state index contributed by atoms with van der Waals surface area (Å²) in [7, 11) is 1.36. The molecule has 0 bridgehead atoms. The van der Waals surface area contributed by atoms with Crippen LogP contribution in [0.2, 0.25) is 0 Å². The molecule has 0 amide bonds. The molecule has 0 saturated heterocycles. The standard InChI is InChI=1S/C22H24F2O3/c1-22(2)11-5-8-19(22)18-13-15(20(25)26-3)9-10-17(18)14-6-4-7-16(12-14)27-21(23)24/h4,6-7,9-10,12-13,19,21H,5,8,11H2,1-3H3. The first-order valence-electron chi connectivity index (χ1n) is 9.09. The van der Waals surface area contributed by atoms with Crippen molar-refractivity contribution in [1.29, 1.82) is 0 Å². The molecule has 3 rings (SSSR count). The Balaban J connectivity index is 2.11. The van der Waals surface area contributed by atoms with E-state index < -0.39 is 6.61 Å². The molecule has 27 heavy (non-hydrogen) atoms. The van der Waals surface area contributed by atoms with Crippen LogP contribution < -0.4 is 4.74 Å². The van der Waals surface area contributed by atoms with Crippen LogP contribution in [-0.4, -0.2) is 19.7 Å². The first-order valence-corrected chi connectivity index (χ1v) is 9.09. The number of ether oxygens (including phenoxy) is 2. The van der Waals surface area contributed by atoms with Crippen molar-refractivity contribution in [3.63, 3.8) is 0 Å². The van der Waals surface area contributed by atoms with Crippen LogP contribution in [0.3, 0.4) is 0 Å². The summed E-state index contributed by atoms with van der Waals surface area (Å²) in [5.74, 6) is 0.0151. The van der Waals surface area contributed by atoms with E-state index in [2.05, 4.69) is 18.6 Å². The van der Waals surface area contributed by atoms with Gasteiger partial charge in [-0.05, 0) is 65.1 Å². The third-order valence-electron chi connectivity index (χ3n) is 5.48. The summed E-state index contributed by atoms with van der Waals surface area (Å²) in [6.45, 7) is 1.60. The zero-order chi connectivity index (χ0) is 19.6. The van der Waals surface area contributed by atoms with Gasteiger partial charge in [0.05, 0.1) is 12.7 Å². The summed E-state index contributed by atoms with van der Waals surface area (Å²) in [5, 5.41) is 0. The van der Waals surface area contributed by atoms with E-state index in [0.29, 0.717) is 5.56 Å². The van der Waals surface area contributed by atoms with Crippen molar-refractivity contribution in [2.45, 2.75) is 45.6 Å². The largest absolute Gasteiger partial charge is 0.465 e. The molecule has 1 aliphatic rings. The van der Waals surface area contributed by atoms with Gasteiger partial charge in [-0.3, -0.25) is 0 Å². The number of alkyl halides is 2. The molecule has 1 unspecified atom stereocenters. The Labute approximate surface area is 158 Å². The average molecular weight is 374 g/mol. The maximum absolute atomic E-state index is 12.6. The van der Waals surface area contributed by atoms with E-state index in [0.717, 1.165) is 36.0 Å². The van der Waals surface area contributed by atoms with Crippen molar-refractivity contribution in [3.8, 4) is 16.9 Å². The van der Waals surface area contributed by atoms with Gasteiger partial charge in [0.25, 0.3) is 0 Å². The molecule has 144 valence electrons. The molecule has 0 N–H and O–H groups in total. The fourth-order valence-electron chi connectivity index (χ4n) is 4.10. The number of methoxy groups -OCH3 is 1. The number of hydrogen-bond donors (Lipinski definition) is 0. The molecule has 0 heterocycles. The Bertz CT molecular complexity index is 830. The minimum atomic E-state index is -2.87. The lowest BCUT2D eigenvalue weighted by molar-refractivity contribution is -0.0498. The van der Waals surface area contributed by atoms with Crippen molar-refractivity contribution in [3.05, 3.63) is 53.6 Å². The van der Waals surface area contributed by atoms with Crippen molar-refractivity contribution in [1.82, 2.24) is 0 Å². The van der Waals surface area contributed by atoms with Gasteiger partial charge in [0.2, 0.25) is 0 Å². The molecule has 2 aromatic rings. The van der Waals surface area contributed by atoms with Crippen LogP contribution in [0.15, 0.2) is 42.5 Å². The number of halogens is 2. The van der Waals surface area contributed by atoms with E-state index in [1.165, 1.54) is 13.2 Å². The average Bonchev–Trinajstić information content (AvgIpc) is 2.99. The van der Waals surface area contributed by atoms with Gasteiger partial charge < -0.3 is 9.47 Å². The molecule has 5 heteroatoms. The molecule has 1 atom stereocenters. The van der Waals surface area contributed by atoms with E-state index in [4.69, 9.17) is 4.74 Å². The highest BCUT2D eigenvalue weighted by Crippen LogP contribution is 2.51. The molecule has 3 nitrogen and oxygen atoms in total. The van der Waals surface area contributed by atoms with E-state index >= 15 is 0 Å². The predicted octanol–water partition coefficient (Wildman–Crippen LogP) is 6.04. The van der Waals surface area contributed by atoms with Crippen LogP contribution in [0, 0.1) is 5.41 Å². The fraction of sp³-hybridized carbons (Fsp3) is 0.409. The molecule has 1 saturated carbocycles. The predicted molar refractivity (Wildman–Crippen MR) is 100 cm³/mol. The quantitative estimate of drug-likeness (QED) is 0.599. The number of carbonyl (C=O) groups excluding carboxylic acids is 1. The monoisotopic (exact) mass is 374 g/mol. The maximum atomic E-state index is 12.6. The first-order chi connectivity index (χ1) is 12.8. The Hall–Kier alpha value is -2.43. The van der Waals surface area contributed by atoms with Gasteiger partial charge in [0, 0.05) is 0 Å². The minimum Gasteiger partial charge on any atom is -0.465 e. The Morgan fingerprint density at radius 2 is 1.96 bits per heavy atom. The van der Waals surface area contributed by atoms with Gasteiger partial charge in [0.15, 0.2) is 0 Å². The van der Waals surface area contributed by atoms with Crippen LogP contribution in [-0.2, 0) is 4.74 Å². The van der Waals surface area contributed by atoms with E-state index in [9.17, 15) is 13.6 Å². The topological polar surface area (TPSA) is 35.5 Å². The molecule has 0 radical (unpaired) electrons. The van der Waals surface area contributed by atoms with E-state index in [1.54, 1.807) is 18.2 Å². The molecule has 0 aromatic heterocycles. The molecule has 1 aliphatic carbocycles. The molecule has 0 aliphatic heterocycles. The summed E-state index contributed by atoms with van der Waals surface area (Å²) >= 11 is 0. The summed E-state index contributed by atoms with van der Waals surface area (Å²) in [6.07, 6.45) is 3.25. The van der Waals surface area contributed by atoms with Gasteiger partial charge in [0.1, 0.15) is 5.75 Å². The van der Waals surface area contributed by atoms with Gasteiger partial charge >= 0.3 is 12.6 Å². The Morgan fingerprint density at radius 1 is 1.19 bits per heavy atom. The van der Waals surface area contributed by atoms with Crippen molar-refractivity contribution < 1.29 is 23.0 Å². The highest BCUT2D eigenvalue weighted by Gasteiger charge is 2.37. The van der Waals surface area contributed by atoms with Gasteiger partial charge in [-0.25, -0.2) is 4.79 Å². The summed E-state index contributed by atoms with van der Waals surface area (Å²) in [5.41, 5.74) is 3.37. The van der Waals surface area contributed by atoms with Crippen molar-refractivity contribution in [2.24, 2.45) is 5.41 Å². The third-order valence-corrected chi connectivity index (χ3v) is 5.48. The lowest BCUT2D eigenvalue weighted by atomic mass is 9.75. The van der Waals surface area contributed by atoms with Crippen LogP contribution in [0.25, 0.3) is 11.1 Å². The second kappa shape index (κ2) is 7.67. The fourth-order valence-corrected chi connectivity index (χ4v) is 4.10. The molecule has 1 fully saturated rings. The lowest BCUT2D eigenvalue weighted by Crippen LogP contribution is -2.17. The van der Waals surface area contributed by atoms with Crippen LogP contribution in [0.1, 0.15) is 54.9 Å².